The van der Waals surface area contributed by atoms with Crippen molar-refractivity contribution >= 4 is 5.78 Å². The van der Waals surface area contributed by atoms with E-state index in [1.165, 1.54) is 0 Å². The van der Waals surface area contributed by atoms with Crippen LogP contribution >= 0.6 is 0 Å². The van der Waals surface area contributed by atoms with E-state index in [0.29, 0.717) is 5.92 Å². The second-order valence-electron chi connectivity index (χ2n) is 5.59. The van der Waals surface area contributed by atoms with E-state index in [-0.39, 0.29) is 11.2 Å². The van der Waals surface area contributed by atoms with Gasteiger partial charge in [0.15, 0.2) is 5.78 Å². The van der Waals surface area contributed by atoms with Crippen LogP contribution in [0.1, 0.15) is 48.0 Å². The van der Waals surface area contributed by atoms with Crippen LogP contribution in [0.3, 0.4) is 0 Å². The monoisotopic (exact) mass is 185 g/mol. The highest BCUT2D eigenvalue weighted by molar-refractivity contribution is 5.92. The lowest BCUT2D eigenvalue weighted by Crippen LogP contribution is -2.51. The zero-order chi connectivity index (χ0) is 10.9. The summed E-state index contributed by atoms with van der Waals surface area (Å²) in [7, 11) is 0. The molecule has 1 atom stereocenters. The fourth-order valence-corrected chi connectivity index (χ4v) is 1.80. The number of hydrogen-bond donors (Lipinski definition) is 1. The van der Waals surface area contributed by atoms with Crippen LogP contribution < -0.4 is 5.73 Å². The van der Waals surface area contributed by atoms with Crippen molar-refractivity contribution in [3.05, 3.63) is 0 Å². The third-order valence-electron chi connectivity index (χ3n) is 2.03. The Balaban J connectivity index is 4.55. The molecule has 78 valence electrons. The predicted octanol–water partition coefficient (Wildman–Crippen LogP) is 2.37. The quantitative estimate of drug-likeness (QED) is 0.733. The van der Waals surface area contributed by atoms with Gasteiger partial charge in [-0.3, -0.25) is 4.79 Å². The van der Waals surface area contributed by atoms with Crippen molar-refractivity contribution in [2.75, 3.05) is 0 Å². The second kappa shape index (κ2) is 3.79. The van der Waals surface area contributed by atoms with Gasteiger partial charge >= 0.3 is 0 Å². The van der Waals surface area contributed by atoms with Crippen LogP contribution in [-0.4, -0.2) is 11.3 Å². The summed E-state index contributed by atoms with van der Waals surface area (Å²) in [5, 5.41) is 0. The molecule has 2 N–H and O–H groups in total. The Kier molecular flexibility index (Phi) is 3.68. The molecule has 2 nitrogen and oxygen atoms in total. The lowest BCUT2D eigenvalue weighted by molar-refractivity contribution is -0.131. The van der Waals surface area contributed by atoms with Crippen LogP contribution in [0.2, 0.25) is 0 Å². The van der Waals surface area contributed by atoms with Gasteiger partial charge in [0.05, 0.1) is 5.54 Å². The topological polar surface area (TPSA) is 43.1 Å². The molecule has 0 aliphatic rings. The molecule has 0 aliphatic heterocycles. The number of carbonyl (C=O) groups is 1. The third-order valence-corrected chi connectivity index (χ3v) is 2.03. The maximum Gasteiger partial charge on any atom is 0.157 e. The summed E-state index contributed by atoms with van der Waals surface area (Å²) < 4.78 is 0. The standard InChI is InChI=1S/C11H23NO/c1-8(2)7-11(6,12)9(13)10(3,4)5/h8H,7,12H2,1-6H3/t11-/m1/s1. The Labute approximate surface area is 81.9 Å². The molecule has 0 saturated heterocycles. The fraction of sp³-hybridized carbons (Fsp3) is 0.909. The van der Waals surface area contributed by atoms with Crippen LogP contribution in [0.15, 0.2) is 0 Å². The number of nitrogens with two attached hydrogens (primary N) is 1. The first-order valence-corrected chi connectivity index (χ1v) is 4.91. The molecule has 13 heavy (non-hydrogen) atoms. The van der Waals surface area contributed by atoms with Crippen LogP contribution in [0, 0.1) is 11.3 Å². The predicted molar refractivity (Wildman–Crippen MR) is 56.5 cm³/mol. The first-order chi connectivity index (χ1) is 5.57. The van der Waals surface area contributed by atoms with E-state index in [0.717, 1.165) is 6.42 Å². The van der Waals surface area contributed by atoms with Gasteiger partial charge in [-0.05, 0) is 19.3 Å². The van der Waals surface area contributed by atoms with Crippen LogP contribution in [0.4, 0.5) is 0 Å². The molecule has 0 radical (unpaired) electrons. The summed E-state index contributed by atoms with van der Waals surface area (Å²) in [5.41, 5.74) is 4.99. The van der Waals surface area contributed by atoms with E-state index in [4.69, 9.17) is 5.73 Å². The van der Waals surface area contributed by atoms with E-state index in [1.54, 1.807) is 0 Å². The van der Waals surface area contributed by atoms with E-state index >= 15 is 0 Å². The molecule has 0 amide bonds. The van der Waals surface area contributed by atoms with E-state index in [9.17, 15) is 4.79 Å². The van der Waals surface area contributed by atoms with Crippen molar-refractivity contribution in [2.24, 2.45) is 17.1 Å². The van der Waals surface area contributed by atoms with Crippen molar-refractivity contribution in [1.82, 2.24) is 0 Å². The molecule has 0 aromatic heterocycles. The van der Waals surface area contributed by atoms with E-state index in [2.05, 4.69) is 13.8 Å². The molecule has 0 aliphatic carbocycles. The van der Waals surface area contributed by atoms with Crippen LogP contribution in [0.25, 0.3) is 0 Å². The highest BCUT2D eigenvalue weighted by Crippen LogP contribution is 2.25. The molecule has 2 heteroatoms. The van der Waals surface area contributed by atoms with E-state index in [1.807, 2.05) is 27.7 Å². The van der Waals surface area contributed by atoms with Gasteiger partial charge in [0, 0.05) is 5.41 Å². The first kappa shape index (κ1) is 12.6. The molecule has 0 fully saturated rings. The van der Waals surface area contributed by atoms with Gasteiger partial charge in [-0.1, -0.05) is 34.6 Å². The van der Waals surface area contributed by atoms with Gasteiger partial charge in [-0.15, -0.1) is 0 Å². The Morgan fingerprint density at radius 1 is 1.23 bits per heavy atom. The van der Waals surface area contributed by atoms with Crippen molar-refractivity contribution in [3.8, 4) is 0 Å². The Morgan fingerprint density at radius 3 is 1.85 bits per heavy atom. The third kappa shape index (κ3) is 3.90. The number of hydrogen-bond acceptors (Lipinski definition) is 2. The molecule has 0 rings (SSSR count). The average molecular weight is 185 g/mol. The highest BCUT2D eigenvalue weighted by Gasteiger charge is 2.36. The van der Waals surface area contributed by atoms with Gasteiger partial charge in [0.25, 0.3) is 0 Å². The molecule has 0 unspecified atom stereocenters. The zero-order valence-corrected chi connectivity index (χ0v) is 9.77. The number of rotatable bonds is 3. The normalized spacial score (nSPS) is 17.2. The van der Waals surface area contributed by atoms with Crippen molar-refractivity contribution < 1.29 is 4.79 Å². The minimum Gasteiger partial charge on any atom is -0.319 e. The zero-order valence-electron chi connectivity index (χ0n) is 9.77. The lowest BCUT2D eigenvalue weighted by Gasteiger charge is -2.31. The first-order valence-electron chi connectivity index (χ1n) is 4.91. The lowest BCUT2D eigenvalue weighted by atomic mass is 9.76. The number of Topliss-reactive ketones (excluding diaryl/α,β-unsaturated/α-hetero) is 1. The van der Waals surface area contributed by atoms with Gasteiger partial charge in [0.2, 0.25) is 0 Å². The highest BCUT2D eigenvalue weighted by atomic mass is 16.1. The van der Waals surface area contributed by atoms with Gasteiger partial charge in [-0.2, -0.15) is 0 Å². The molecular weight excluding hydrogens is 162 g/mol. The Morgan fingerprint density at radius 2 is 1.62 bits per heavy atom. The minimum atomic E-state index is -0.674. The summed E-state index contributed by atoms with van der Waals surface area (Å²) in [4.78, 5) is 11.9. The molecule has 0 bridgehead atoms. The minimum absolute atomic E-state index is 0.147. The summed E-state index contributed by atoms with van der Waals surface area (Å²) in [6.45, 7) is 11.8. The molecular formula is C11H23NO. The summed E-state index contributed by atoms with van der Waals surface area (Å²) in [6.07, 6.45) is 0.753. The Bertz CT molecular complexity index is 187. The van der Waals surface area contributed by atoms with E-state index < -0.39 is 5.54 Å². The van der Waals surface area contributed by atoms with Gasteiger partial charge in [0.1, 0.15) is 0 Å². The largest absolute Gasteiger partial charge is 0.319 e. The van der Waals surface area contributed by atoms with Crippen molar-refractivity contribution in [3.63, 3.8) is 0 Å². The molecule has 0 spiro atoms. The fourth-order valence-electron chi connectivity index (χ4n) is 1.80. The molecule has 0 aromatic carbocycles. The smallest absolute Gasteiger partial charge is 0.157 e. The number of ketones is 1. The molecule has 0 heterocycles. The average Bonchev–Trinajstić information content (AvgIpc) is 1.80. The van der Waals surface area contributed by atoms with Crippen molar-refractivity contribution in [2.45, 2.75) is 53.5 Å². The Hall–Kier alpha value is -0.370. The van der Waals surface area contributed by atoms with Crippen molar-refractivity contribution in [1.29, 1.82) is 0 Å². The number of carbonyl (C=O) groups excluding carboxylic acids is 1. The maximum atomic E-state index is 11.9. The van der Waals surface area contributed by atoms with Crippen LogP contribution in [0.5, 0.6) is 0 Å². The summed E-state index contributed by atoms with van der Waals surface area (Å²) in [5.74, 6) is 0.606. The summed E-state index contributed by atoms with van der Waals surface area (Å²) >= 11 is 0. The van der Waals surface area contributed by atoms with Gasteiger partial charge < -0.3 is 5.73 Å². The summed E-state index contributed by atoms with van der Waals surface area (Å²) in [6, 6.07) is 0. The molecule has 0 saturated carbocycles. The van der Waals surface area contributed by atoms with Gasteiger partial charge in [-0.25, -0.2) is 0 Å². The second-order valence-corrected chi connectivity index (χ2v) is 5.59. The maximum absolute atomic E-state index is 11.9. The SMILES string of the molecule is CC(C)C[C@@](C)(N)C(=O)C(C)(C)C. The van der Waals surface area contributed by atoms with Crippen LogP contribution in [-0.2, 0) is 4.79 Å². The molecule has 0 aromatic rings.